The normalized spacial score (nSPS) is 19.3. The molecule has 1 aliphatic carbocycles. The highest BCUT2D eigenvalue weighted by Gasteiger charge is 2.33. The third-order valence-electron chi connectivity index (χ3n) is 5.92. The molecule has 8 nitrogen and oxygen atoms in total. The Balaban J connectivity index is 1.60. The Hall–Kier alpha value is -2.61. The van der Waals surface area contributed by atoms with E-state index >= 15 is 0 Å². The molecule has 3 amide bonds. The zero-order valence-corrected chi connectivity index (χ0v) is 18.5. The predicted molar refractivity (Wildman–Crippen MR) is 117 cm³/mol. The van der Waals surface area contributed by atoms with Crippen LogP contribution in [0.15, 0.2) is 30.3 Å². The van der Waals surface area contributed by atoms with Crippen LogP contribution in [-0.2, 0) is 16.1 Å². The van der Waals surface area contributed by atoms with Crippen LogP contribution in [0.3, 0.4) is 0 Å². The first-order valence-corrected chi connectivity index (χ1v) is 11.2. The lowest BCUT2D eigenvalue weighted by Gasteiger charge is -2.42. The standard InChI is InChI=1S/C23H34N4O4/c1-17(2)27(22(29)11-10-21(28)24-19-8-9-19)16-20-15-25(12-13-26(20)23(30)31)14-18-6-4-3-5-7-18/h3-7,17,19-20H,8-16H2,1-2H3,(H,24,28)(H,30,31)/t20-/m0/s1. The Bertz CT molecular complexity index is 766. The first kappa shape index (κ1) is 23.1. The van der Waals surface area contributed by atoms with Crippen LogP contribution in [0.5, 0.6) is 0 Å². The number of amides is 3. The third kappa shape index (κ3) is 6.95. The number of rotatable bonds is 9. The van der Waals surface area contributed by atoms with Gasteiger partial charge < -0.3 is 20.2 Å². The molecule has 3 rings (SSSR count). The van der Waals surface area contributed by atoms with Gasteiger partial charge in [-0.15, -0.1) is 0 Å². The molecule has 170 valence electrons. The Morgan fingerprint density at radius 1 is 1.13 bits per heavy atom. The minimum atomic E-state index is -0.954. The highest BCUT2D eigenvalue weighted by molar-refractivity contribution is 5.84. The van der Waals surface area contributed by atoms with Crippen molar-refractivity contribution in [2.45, 2.75) is 64.2 Å². The Kier molecular flexibility index (Phi) is 7.90. The Morgan fingerprint density at radius 2 is 1.84 bits per heavy atom. The smallest absolute Gasteiger partial charge is 0.407 e. The molecule has 0 bridgehead atoms. The number of hydrogen-bond donors (Lipinski definition) is 2. The number of carbonyl (C=O) groups excluding carboxylic acids is 2. The second-order valence-corrected chi connectivity index (χ2v) is 8.83. The summed E-state index contributed by atoms with van der Waals surface area (Å²) in [4.78, 5) is 42.1. The first-order valence-electron chi connectivity index (χ1n) is 11.2. The Labute approximate surface area is 184 Å². The van der Waals surface area contributed by atoms with Crippen LogP contribution in [0, 0.1) is 0 Å². The summed E-state index contributed by atoms with van der Waals surface area (Å²) in [6, 6.07) is 10.0. The van der Waals surface area contributed by atoms with E-state index in [1.54, 1.807) is 4.90 Å². The van der Waals surface area contributed by atoms with E-state index in [1.807, 2.05) is 32.0 Å². The molecule has 2 fully saturated rings. The molecule has 0 aromatic heterocycles. The van der Waals surface area contributed by atoms with E-state index in [-0.39, 0.29) is 42.8 Å². The quantitative estimate of drug-likeness (QED) is 0.626. The monoisotopic (exact) mass is 430 g/mol. The van der Waals surface area contributed by atoms with Crippen molar-refractivity contribution in [2.75, 3.05) is 26.2 Å². The minimum Gasteiger partial charge on any atom is -0.465 e. The van der Waals surface area contributed by atoms with Crippen LogP contribution in [0.25, 0.3) is 0 Å². The molecule has 0 radical (unpaired) electrons. The summed E-state index contributed by atoms with van der Waals surface area (Å²) in [5.41, 5.74) is 1.18. The van der Waals surface area contributed by atoms with E-state index < -0.39 is 6.09 Å². The molecule has 1 atom stereocenters. The number of hydrogen-bond acceptors (Lipinski definition) is 4. The molecule has 1 heterocycles. The molecule has 31 heavy (non-hydrogen) atoms. The molecule has 1 aromatic carbocycles. The van der Waals surface area contributed by atoms with Gasteiger partial charge in [-0.25, -0.2) is 4.79 Å². The summed E-state index contributed by atoms with van der Waals surface area (Å²) in [6.07, 6.45) is 1.40. The van der Waals surface area contributed by atoms with Crippen LogP contribution in [0.2, 0.25) is 0 Å². The van der Waals surface area contributed by atoms with Crippen LogP contribution in [0.1, 0.15) is 45.1 Å². The number of benzene rings is 1. The minimum absolute atomic E-state index is 0.0702. The van der Waals surface area contributed by atoms with Crippen LogP contribution in [0.4, 0.5) is 4.79 Å². The van der Waals surface area contributed by atoms with Gasteiger partial charge in [0.25, 0.3) is 0 Å². The summed E-state index contributed by atoms with van der Waals surface area (Å²) >= 11 is 0. The Morgan fingerprint density at radius 3 is 2.45 bits per heavy atom. The summed E-state index contributed by atoms with van der Waals surface area (Å²) in [5.74, 6) is -0.190. The zero-order chi connectivity index (χ0) is 22.4. The van der Waals surface area contributed by atoms with Crippen LogP contribution < -0.4 is 5.32 Å². The molecule has 1 saturated heterocycles. The topological polar surface area (TPSA) is 93.2 Å². The van der Waals surface area contributed by atoms with Gasteiger partial charge in [-0.1, -0.05) is 30.3 Å². The molecule has 1 aliphatic heterocycles. The molecule has 0 unspecified atom stereocenters. The van der Waals surface area contributed by atoms with Crippen molar-refractivity contribution in [3.05, 3.63) is 35.9 Å². The second kappa shape index (κ2) is 10.6. The van der Waals surface area contributed by atoms with Crippen LogP contribution in [-0.4, -0.2) is 82.0 Å². The van der Waals surface area contributed by atoms with Gasteiger partial charge in [0.05, 0.1) is 6.04 Å². The largest absolute Gasteiger partial charge is 0.465 e. The summed E-state index contributed by atoms with van der Waals surface area (Å²) < 4.78 is 0. The van der Waals surface area contributed by atoms with E-state index in [0.29, 0.717) is 26.2 Å². The lowest BCUT2D eigenvalue weighted by atomic mass is 10.1. The van der Waals surface area contributed by atoms with Gasteiger partial charge in [0.15, 0.2) is 0 Å². The predicted octanol–water partition coefficient (Wildman–Crippen LogP) is 2.15. The van der Waals surface area contributed by atoms with Gasteiger partial charge in [0.1, 0.15) is 0 Å². The fourth-order valence-corrected chi connectivity index (χ4v) is 4.03. The van der Waals surface area contributed by atoms with Gasteiger partial charge in [0.2, 0.25) is 11.8 Å². The van der Waals surface area contributed by atoms with Crippen LogP contribution >= 0.6 is 0 Å². The van der Waals surface area contributed by atoms with Crippen molar-refractivity contribution in [2.24, 2.45) is 0 Å². The van der Waals surface area contributed by atoms with E-state index in [2.05, 4.69) is 22.3 Å². The maximum absolute atomic E-state index is 12.9. The van der Waals surface area contributed by atoms with Gasteiger partial charge in [-0.05, 0) is 32.3 Å². The van der Waals surface area contributed by atoms with Crippen molar-refractivity contribution in [3.63, 3.8) is 0 Å². The number of nitrogens with one attached hydrogen (secondary N) is 1. The molecular weight excluding hydrogens is 396 g/mol. The van der Waals surface area contributed by atoms with E-state index in [1.165, 1.54) is 10.5 Å². The molecule has 2 aliphatic rings. The SMILES string of the molecule is CC(C)N(C[C@@H]1CN(Cc2ccccc2)CCN1C(=O)O)C(=O)CCC(=O)NC1CC1. The second-order valence-electron chi connectivity index (χ2n) is 8.83. The lowest BCUT2D eigenvalue weighted by Crippen LogP contribution is -2.59. The fraction of sp³-hybridized carbons (Fsp3) is 0.609. The van der Waals surface area contributed by atoms with Crippen molar-refractivity contribution >= 4 is 17.9 Å². The van der Waals surface area contributed by atoms with E-state index in [9.17, 15) is 19.5 Å². The van der Waals surface area contributed by atoms with Gasteiger partial charge in [-0.3, -0.25) is 14.5 Å². The van der Waals surface area contributed by atoms with Gasteiger partial charge >= 0.3 is 6.09 Å². The van der Waals surface area contributed by atoms with Gasteiger partial charge in [0, 0.05) is 57.6 Å². The molecular formula is C23H34N4O4. The lowest BCUT2D eigenvalue weighted by molar-refractivity contribution is -0.136. The van der Waals surface area contributed by atoms with Gasteiger partial charge in [-0.2, -0.15) is 0 Å². The highest BCUT2D eigenvalue weighted by Crippen LogP contribution is 2.19. The fourth-order valence-electron chi connectivity index (χ4n) is 4.03. The van der Waals surface area contributed by atoms with Crippen molar-refractivity contribution < 1.29 is 19.5 Å². The average molecular weight is 431 g/mol. The maximum Gasteiger partial charge on any atom is 0.407 e. The molecule has 8 heteroatoms. The average Bonchev–Trinajstić information content (AvgIpc) is 3.54. The number of carboxylic acid groups (broad SMARTS) is 1. The third-order valence-corrected chi connectivity index (χ3v) is 5.92. The number of nitrogens with zero attached hydrogens (tertiary/aromatic N) is 3. The number of carbonyl (C=O) groups is 3. The molecule has 1 saturated carbocycles. The van der Waals surface area contributed by atoms with E-state index in [4.69, 9.17) is 0 Å². The maximum atomic E-state index is 12.9. The van der Waals surface area contributed by atoms with E-state index in [0.717, 1.165) is 19.4 Å². The molecule has 1 aromatic rings. The summed E-state index contributed by atoms with van der Waals surface area (Å²) in [6.45, 7) is 6.58. The van der Waals surface area contributed by atoms with Crippen molar-refractivity contribution in [1.82, 2.24) is 20.0 Å². The van der Waals surface area contributed by atoms with Crippen molar-refractivity contribution in [3.8, 4) is 0 Å². The molecule has 2 N–H and O–H groups in total. The first-order chi connectivity index (χ1) is 14.8. The zero-order valence-electron chi connectivity index (χ0n) is 18.5. The van der Waals surface area contributed by atoms with Crippen molar-refractivity contribution in [1.29, 1.82) is 0 Å². The molecule has 0 spiro atoms. The number of piperazine rings is 1. The summed E-state index contributed by atoms with van der Waals surface area (Å²) in [7, 11) is 0. The summed E-state index contributed by atoms with van der Waals surface area (Å²) in [5, 5.41) is 12.6. The highest BCUT2D eigenvalue weighted by atomic mass is 16.4.